The molecule has 0 saturated heterocycles. The van der Waals surface area contributed by atoms with Gasteiger partial charge in [-0.05, 0) is 12.1 Å². The number of nitro benzene ring substituents is 1. The van der Waals surface area contributed by atoms with Gasteiger partial charge in [-0.2, -0.15) is 8.42 Å². The van der Waals surface area contributed by atoms with Crippen LogP contribution in [0.4, 0.5) is 5.69 Å². The first-order chi connectivity index (χ1) is 11.1. The van der Waals surface area contributed by atoms with Crippen LogP contribution in [-0.4, -0.2) is 25.0 Å². The summed E-state index contributed by atoms with van der Waals surface area (Å²) in [6, 6.07) is 5.68. The maximum absolute atomic E-state index is 11.4. The third-order valence-corrected chi connectivity index (χ3v) is 4.26. The summed E-state index contributed by atoms with van der Waals surface area (Å²) in [5.74, 6) is -0.220. The Labute approximate surface area is 146 Å². The number of halogens is 2. The van der Waals surface area contributed by atoms with Crippen LogP contribution in [0.1, 0.15) is 0 Å². The Morgan fingerprint density at radius 1 is 1.17 bits per heavy atom. The molecule has 0 fully saturated rings. The molecular formula is C13H9Cl2NO7S. The molecule has 0 atom stereocenters. The smallest absolute Gasteiger partial charge is 0.298 e. The Balaban J connectivity index is 2.48. The molecule has 0 spiro atoms. The second kappa shape index (κ2) is 6.81. The van der Waals surface area contributed by atoms with Crippen molar-refractivity contribution < 1.29 is 27.4 Å². The predicted octanol–water partition coefficient (Wildman–Crippen LogP) is 3.95. The second-order valence-electron chi connectivity index (χ2n) is 4.39. The average Bonchev–Trinajstić information content (AvgIpc) is 2.49. The van der Waals surface area contributed by atoms with Crippen LogP contribution in [0, 0.1) is 10.1 Å². The highest BCUT2D eigenvalue weighted by molar-refractivity contribution is 7.86. The summed E-state index contributed by atoms with van der Waals surface area (Å²) in [5, 5.41) is 10.5. The first-order valence-electron chi connectivity index (χ1n) is 6.10. The van der Waals surface area contributed by atoms with Crippen LogP contribution in [0.2, 0.25) is 10.0 Å². The molecule has 0 unspecified atom stereocenters. The topological polar surface area (TPSA) is 116 Å². The summed E-state index contributed by atoms with van der Waals surface area (Å²) in [7, 11) is -3.33. The number of hydrogen-bond acceptors (Lipinski definition) is 6. The molecule has 0 aliphatic heterocycles. The van der Waals surface area contributed by atoms with E-state index in [2.05, 4.69) is 0 Å². The van der Waals surface area contributed by atoms with Crippen molar-refractivity contribution in [3.8, 4) is 17.2 Å². The monoisotopic (exact) mass is 393 g/mol. The summed E-state index contributed by atoms with van der Waals surface area (Å²) in [6.45, 7) is 0. The van der Waals surface area contributed by atoms with Gasteiger partial charge in [0.25, 0.3) is 15.8 Å². The molecule has 0 aliphatic rings. The normalized spacial score (nSPS) is 11.2. The predicted molar refractivity (Wildman–Crippen MR) is 86.0 cm³/mol. The van der Waals surface area contributed by atoms with Gasteiger partial charge in [-0.25, -0.2) is 0 Å². The van der Waals surface area contributed by atoms with Crippen LogP contribution in [0.15, 0.2) is 35.2 Å². The maximum Gasteiger partial charge on any atom is 0.298 e. The number of rotatable bonds is 5. The van der Waals surface area contributed by atoms with Crippen molar-refractivity contribution in [2.75, 3.05) is 7.11 Å². The molecule has 0 radical (unpaired) electrons. The maximum atomic E-state index is 11.4. The van der Waals surface area contributed by atoms with Crippen LogP contribution >= 0.6 is 23.2 Å². The van der Waals surface area contributed by atoms with Crippen molar-refractivity contribution in [1.29, 1.82) is 0 Å². The van der Waals surface area contributed by atoms with Crippen molar-refractivity contribution in [3.05, 3.63) is 50.5 Å². The van der Waals surface area contributed by atoms with E-state index in [0.29, 0.717) is 0 Å². The number of methoxy groups -OCH3 is 1. The van der Waals surface area contributed by atoms with Gasteiger partial charge in [0.15, 0.2) is 5.75 Å². The third-order valence-electron chi connectivity index (χ3n) is 2.83. The fourth-order valence-corrected chi connectivity index (χ4v) is 3.01. The molecule has 0 aromatic heterocycles. The highest BCUT2D eigenvalue weighted by Crippen LogP contribution is 2.40. The van der Waals surface area contributed by atoms with Gasteiger partial charge in [0.1, 0.15) is 16.4 Å². The Kier molecular flexibility index (Phi) is 5.19. The number of non-ortho nitro benzene ring substituents is 1. The van der Waals surface area contributed by atoms with Crippen molar-refractivity contribution in [1.82, 2.24) is 0 Å². The van der Waals surface area contributed by atoms with Crippen LogP contribution in [0.3, 0.4) is 0 Å². The van der Waals surface area contributed by atoms with Crippen LogP contribution in [-0.2, 0) is 10.1 Å². The lowest BCUT2D eigenvalue weighted by molar-refractivity contribution is -0.384. The molecule has 8 nitrogen and oxygen atoms in total. The fourth-order valence-electron chi connectivity index (χ4n) is 1.79. The molecule has 2 rings (SSSR count). The summed E-state index contributed by atoms with van der Waals surface area (Å²) in [6.07, 6.45) is 0. The van der Waals surface area contributed by atoms with Crippen molar-refractivity contribution in [3.63, 3.8) is 0 Å². The Hall–Kier alpha value is -2.07. The minimum atomic E-state index is -4.56. The summed E-state index contributed by atoms with van der Waals surface area (Å²) < 4.78 is 42.2. The largest absolute Gasteiger partial charge is 0.495 e. The van der Waals surface area contributed by atoms with E-state index in [4.69, 9.17) is 32.7 Å². The molecule has 2 aromatic carbocycles. The lowest BCUT2D eigenvalue weighted by Crippen LogP contribution is -2.02. The summed E-state index contributed by atoms with van der Waals surface area (Å²) in [5.41, 5.74) is -0.328. The van der Waals surface area contributed by atoms with Gasteiger partial charge in [0.2, 0.25) is 0 Å². The van der Waals surface area contributed by atoms with Gasteiger partial charge in [-0.3, -0.25) is 14.7 Å². The molecule has 0 amide bonds. The average molecular weight is 394 g/mol. The molecule has 1 N–H and O–H groups in total. The van der Waals surface area contributed by atoms with Gasteiger partial charge in [0.05, 0.1) is 22.1 Å². The van der Waals surface area contributed by atoms with E-state index in [-0.39, 0.29) is 33.0 Å². The Morgan fingerprint density at radius 3 is 2.21 bits per heavy atom. The zero-order valence-electron chi connectivity index (χ0n) is 11.9. The molecule has 128 valence electrons. The SMILES string of the molecule is COc1ccc(Oc2c(Cl)cc([N+](=O)[O-])cc2Cl)cc1S(=O)(=O)O. The van der Waals surface area contributed by atoms with Crippen molar-refractivity contribution in [2.45, 2.75) is 4.90 Å². The van der Waals surface area contributed by atoms with Crippen LogP contribution in [0.5, 0.6) is 17.2 Å². The zero-order valence-corrected chi connectivity index (χ0v) is 14.2. The minimum absolute atomic E-state index is 0.0268. The fraction of sp³-hybridized carbons (Fsp3) is 0.0769. The quantitative estimate of drug-likeness (QED) is 0.464. The highest BCUT2D eigenvalue weighted by Gasteiger charge is 2.20. The van der Waals surface area contributed by atoms with E-state index in [1.165, 1.54) is 19.2 Å². The molecule has 0 bridgehead atoms. The second-order valence-corrected chi connectivity index (χ2v) is 6.59. The van der Waals surface area contributed by atoms with Gasteiger partial charge < -0.3 is 9.47 Å². The van der Waals surface area contributed by atoms with Crippen molar-refractivity contribution >= 4 is 39.0 Å². The standard InChI is InChI=1S/C13H9Cl2NO7S/c1-22-11-3-2-8(6-12(11)24(19,20)21)23-13-9(14)4-7(16(17)18)5-10(13)15/h2-6H,1H3,(H,19,20,21). The van der Waals surface area contributed by atoms with E-state index in [1.807, 2.05) is 0 Å². The third kappa shape index (κ3) is 3.88. The summed E-state index contributed by atoms with van der Waals surface area (Å²) >= 11 is 11.8. The lowest BCUT2D eigenvalue weighted by Gasteiger charge is -2.12. The number of ether oxygens (including phenoxy) is 2. The number of nitrogens with zero attached hydrogens (tertiary/aromatic N) is 1. The van der Waals surface area contributed by atoms with Crippen molar-refractivity contribution in [2.24, 2.45) is 0 Å². The molecule has 0 aliphatic carbocycles. The Bertz CT molecular complexity index is 892. The van der Waals surface area contributed by atoms with E-state index < -0.39 is 19.9 Å². The lowest BCUT2D eigenvalue weighted by atomic mass is 10.3. The highest BCUT2D eigenvalue weighted by atomic mass is 35.5. The van der Waals surface area contributed by atoms with E-state index in [1.54, 1.807) is 0 Å². The molecule has 24 heavy (non-hydrogen) atoms. The summed E-state index contributed by atoms with van der Waals surface area (Å²) in [4.78, 5) is 9.55. The Morgan fingerprint density at radius 2 is 1.75 bits per heavy atom. The van der Waals surface area contributed by atoms with E-state index in [9.17, 15) is 23.1 Å². The molecule has 2 aromatic rings. The zero-order chi connectivity index (χ0) is 18.1. The van der Waals surface area contributed by atoms with E-state index in [0.717, 1.165) is 18.2 Å². The molecule has 11 heteroatoms. The van der Waals surface area contributed by atoms with Gasteiger partial charge in [-0.15, -0.1) is 0 Å². The first kappa shape index (κ1) is 18.3. The molecule has 0 heterocycles. The number of nitro groups is 1. The minimum Gasteiger partial charge on any atom is -0.495 e. The number of hydrogen-bond donors (Lipinski definition) is 1. The number of benzene rings is 2. The van der Waals surface area contributed by atoms with Crippen LogP contribution in [0.25, 0.3) is 0 Å². The molecular weight excluding hydrogens is 385 g/mol. The molecule has 0 saturated carbocycles. The van der Waals surface area contributed by atoms with Crippen LogP contribution < -0.4 is 9.47 Å². The van der Waals surface area contributed by atoms with Gasteiger partial charge >= 0.3 is 0 Å². The van der Waals surface area contributed by atoms with Gasteiger partial charge in [0, 0.05) is 18.2 Å². The first-order valence-corrected chi connectivity index (χ1v) is 8.30. The van der Waals surface area contributed by atoms with E-state index >= 15 is 0 Å². The van der Waals surface area contributed by atoms with Gasteiger partial charge in [-0.1, -0.05) is 23.2 Å².